The topological polar surface area (TPSA) is 64.0 Å². The molecule has 1 N–H and O–H groups in total. The van der Waals surface area contributed by atoms with Crippen LogP contribution in [0, 0.1) is 0 Å². The highest BCUT2D eigenvalue weighted by Gasteiger charge is 2.39. The third-order valence-corrected chi connectivity index (χ3v) is 5.30. The molecule has 27 heavy (non-hydrogen) atoms. The molecular formula is C18H16F3N3O2S. The number of halogens is 3. The highest BCUT2D eigenvalue weighted by Crippen LogP contribution is 2.41. The number of aromatic nitrogens is 2. The molecule has 1 aliphatic rings. The molecule has 0 aliphatic carbocycles. The van der Waals surface area contributed by atoms with Crippen LogP contribution in [0.2, 0.25) is 0 Å². The lowest BCUT2D eigenvalue weighted by atomic mass is 9.84. The van der Waals surface area contributed by atoms with E-state index in [-0.39, 0.29) is 23.4 Å². The molecular weight excluding hydrogens is 379 g/mol. The Morgan fingerprint density at radius 1 is 1.37 bits per heavy atom. The largest absolute Gasteiger partial charge is 0.416 e. The predicted octanol–water partition coefficient (Wildman–Crippen LogP) is 3.55. The second-order valence-corrected chi connectivity index (χ2v) is 7.00. The highest BCUT2D eigenvalue weighted by atomic mass is 32.2. The Balaban J connectivity index is 2.21. The molecule has 0 radical (unpaired) electrons. The van der Waals surface area contributed by atoms with Gasteiger partial charge in [-0.15, -0.1) is 6.58 Å². The zero-order chi connectivity index (χ0) is 19.8. The van der Waals surface area contributed by atoms with E-state index < -0.39 is 29.1 Å². The van der Waals surface area contributed by atoms with Crippen LogP contribution in [0.5, 0.6) is 0 Å². The van der Waals surface area contributed by atoms with E-state index in [0.29, 0.717) is 10.9 Å². The molecule has 142 valence electrons. The van der Waals surface area contributed by atoms with Crippen molar-refractivity contribution in [2.24, 2.45) is 7.05 Å². The minimum absolute atomic E-state index is 0.0664. The number of anilines is 1. The molecule has 1 amide bonds. The number of carbonyl (C=O) groups excluding carboxylic acids is 1. The summed E-state index contributed by atoms with van der Waals surface area (Å²) >= 11 is 1.24. The standard InChI is InChI=1S/C18H16F3N3O2S/c1-3-8-27-17-23-16(26)14-11(9-13(25)22-15(14)24(17)2)10-6-4-5-7-12(10)18(19,20)21/h3-7,11H,1,8-9H2,2H3,(H,22,25). The lowest BCUT2D eigenvalue weighted by molar-refractivity contribution is -0.138. The summed E-state index contributed by atoms with van der Waals surface area (Å²) in [5, 5.41) is 2.96. The Bertz CT molecular complexity index is 969. The molecule has 1 aliphatic heterocycles. The molecule has 2 heterocycles. The van der Waals surface area contributed by atoms with Crippen molar-refractivity contribution in [3.63, 3.8) is 0 Å². The van der Waals surface area contributed by atoms with Crippen molar-refractivity contribution in [2.75, 3.05) is 11.1 Å². The summed E-state index contributed by atoms with van der Waals surface area (Å²) in [6, 6.07) is 4.99. The maximum Gasteiger partial charge on any atom is 0.416 e. The first kappa shape index (κ1) is 19.2. The molecule has 9 heteroatoms. The normalized spacial score (nSPS) is 16.6. The molecule has 1 aromatic carbocycles. The number of carbonyl (C=O) groups is 1. The van der Waals surface area contributed by atoms with Gasteiger partial charge in [0.15, 0.2) is 5.16 Å². The molecule has 5 nitrogen and oxygen atoms in total. The van der Waals surface area contributed by atoms with Gasteiger partial charge in [0.25, 0.3) is 5.56 Å². The Labute approximate surface area is 157 Å². The second-order valence-electron chi connectivity index (χ2n) is 6.01. The predicted molar refractivity (Wildman–Crippen MR) is 96.9 cm³/mol. The van der Waals surface area contributed by atoms with E-state index in [1.165, 1.54) is 34.5 Å². The van der Waals surface area contributed by atoms with Crippen LogP contribution in [0.4, 0.5) is 19.0 Å². The molecule has 0 saturated heterocycles. The van der Waals surface area contributed by atoms with Gasteiger partial charge < -0.3 is 9.88 Å². The zero-order valence-electron chi connectivity index (χ0n) is 14.3. The smallest absolute Gasteiger partial charge is 0.312 e. The van der Waals surface area contributed by atoms with Crippen LogP contribution in [-0.4, -0.2) is 21.2 Å². The number of alkyl halides is 3. The first-order valence-electron chi connectivity index (χ1n) is 8.04. The first-order chi connectivity index (χ1) is 12.7. The maximum atomic E-state index is 13.4. The molecule has 1 atom stereocenters. The molecule has 0 bridgehead atoms. The number of benzene rings is 1. The monoisotopic (exact) mass is 395 g/mol. The van der Waals surface area contributed by atoms with Crippen LogP contribution < -0.4 is 10.9 Å². The van der Waals surface area contributed by atoms with Crippen LogP contribution in [-0.2, 0) is 18.0 Å². The Morgan fingerprint density at radius 2 is 2.07 bits per heavy atom. The minimum Gasteiger partial charge on any atom is -0.312 e. The molecule has 1 unspecified atom stereocenters. The van der Waals surface area contributed by atoms with E-state index in [4.69, 9.17) is 0 Å². The van der Waals surface area contributed by atoms with Gasteiger partial charge in [0, 0.05) is 25.1 Å². The third kappa shape index (κ3) is 3.64. The van der Waals surface area contributed by atoms with Crippen molar-refractivity contribution in [3.8, 4) is 0 Å². The van der Waals surface area contributed by atoms with Crippen LogP contribution in [0.1, 0.15) is 29.0 Å². The van der Waals surface area contributed by atoms with E-state index >= 15 is 0 Å². The Hall–Kier alpha value is -2.55. The summed E-state index contributed by atoms with van der Waals surface area (Å²) in [7, 11) is 1.61. The van der Waals surface area contributed by atoms with Gasteiger partial charge in [-0.05, 0) is 11.6 Å². The average molecular weight is 395 g/mol. The van der Waals surface area contributed by atoms with Crippen molar-refractivity contribution in [3.05, 3.63) is 64.0 Å². The summed E-state index contributed by atoms with van der Waals surface area (Å²) in [4.78, 5) is 28.9. The third-order valence-electron chi connectivity index (χ3n) is 4.27. The molecule has 0 spiro atoms. The van der Waals surface area contributed by atoms with Crippen molar-refractivity contribution < 1.29 is 18.0 Å². The number of nitrogens with zero attached hydrogens (tertiary/aromatic N) is 2. The van der Waals surface area contributed by atoms with Crippen molar-refractivity contribution in [1.29, 1.82) is 0 Å². The van der Waals surface area contributed by atoms with Gasteiger partial charge >= 0.3 is 6.18 Å². The summed E-state index contributed by atoms with van der Waals surface area (Å²) in [6.45, 7) is 3.60. The molecule has 1 aromatic heterocycles. The van der Waals surface area contributed by atoms with Crippen LogP contribution in [0.25, 0.3) is 0 Å². The van der Waals surface area contributed by atoms with Gasteiger partial charge in [-0.2, -0.15) is 18.2 Å². The number of hydrogen-bond acceptors (Lipinski definition) is 4. The molecule has 0 fully saturated rings. The van der Waals surface area contributed by atoms with Crippen molar-refractivity contribution in [2.45, 2.75) is 23.7 Å². The van der Waals surface area contributed by atoms with E-state index in [1.807, 2.05) is 0 Å². The summed E-state index contributed by atoms with van der Waals surface area (Å²) in [5.41, 5.74) is -1.54. The van der Waals surface area contributed by atoms with Crippen molar-refractivity contribution >= 4 is 23.5 Å². The van der Waals surface area contributed by atoms with E-state index in [2.05, 4.69) is 16.9 Å². The fraction of sp³-hybridized carbons (Fsp3) is 0.278. The SMILES string of the molecule is C=CCSc1nc(=O)c2c(n1C)NC(=O)CC2c1ccccc1C(F)(F)F. The summed E-state index contributed by atoms with van der Waals surface area (Å²) in [5.74, 6) is -0.797. The van der Waals surface area contributed by atoms with Gasteiger partial charge in [-0.3, -0.25) is 9.59 Å². The van der Waals surface area contributed by atoms with E-state index in [0.717, 1.165) is 6.07 Å². The van der Waals surface area contributed by atoms with E-state index in [9.17, 15) is 22.8 Å². The fourth-order valence-electron chi connectivity index (χ4n) is 3.12. The van der Waals surface area contributed by atoms with Gasteiger partial charge in [0.2, 0.25) is 5.91 Å². The highest BCUT2D eigenvalue weighted by molar-refractivity contribution is 7.99. The van der Waals surface area contributed by atoms with Crippen LogP contribution in [0.15, 0.2) is 46.9 Å². The Kier molecular flexibility index (Phi) is 5.14. The fourth-order valence-corrected chi connectivity index (χ4v) is 3.82. The second kappa shape index (κ2) is 7.22. The summed E-state index contributed by atoms with van der Waals surface area (Å²) in [6.07, 6.45) is -3.21. The first-order valence-corrected chi connectivity index (χ1v) is 9.03. The number of fused-ring (bicyclic) bond motifs is 1. The average Bonchev–Trinajstić information content (AvgIpc) is 2.62. The van der Waals surface area contributed by atoms with Crippen LogP contribution in [0.3, 0.4) is 0 Å². The molecule has 3 rings (SSSR count). The lowest BCUT2D eigenvalue weighted by Crippen LogP contribution is -2.34. The number of amides is 1. The number of rotatable bonds is 4. The van der Waals surface area contributed by atoms with Gasteiger partial charge in [0.1, 0.15) is 5.82 Å². The van der Waals surface area contributed by atoms with E-state index in [1.54, 1.807) is 13.1 Å². The van der Waals surface area contributed by atoms with Gasteiger partial charge in [-0.1, -0.05) is 36.0 Å². The van der Waals surface area contributed by atoms with Gasteiger partial charge in [0.05, 0.1) is 11.1 Å². The number of thioether (sulfide) groups is 1. The molecule has 2 aromatic rings. The Morgan fingerprint density at radius 3 is 2.74 bits per heavy atom. The maximum absolute atomic E-state index is 13.4. The van der Waals surface area contributed by atoms with Crippen LogP contribution >= 0.6 is 11.8 Å². The van der Waals surface area contributed by atoms with Gasteiger partial charge in [-0.25, -0.2) is 0 Å². The summed E-state index contributed by atoms with van der Waals surface area (Å²) < 4.78 is 41.9. The molecule has 0 saturated carbocycles. The van der Waals surface area contributed by atoms with Crippen molar-refractivity contribution in [1.82, 2.24) is 9.55 Å². The zero-order valence-corrected chi connectivity index (χ0v) is 15.2. The number of nitrogens with one attached hydrogen (secondary N) is 1. The lowest BCUT2D eigenvalue weighted by Gasteiger charge is -2.29. The number of hydrogen-bond donors (Lipinski definition) is 1. The quantitative estimate of drug-likeness (QED) is 0.489. The minimum atomic E-state index is -4.59.